The van der Waals surface area contributed by atoms with E-state index in [0.29, 0.717) is 5.95 Å². The molecule has 9 rings (SSSR count). The molecule has 3 nitrogen and oxygen atoms in total. The van der Waals surface area contributed by atoms with E-state index in [2.05, 4.69) is 180 Å². The average molecular weight is 626 g/mol. The van der Waals surface area contributed by atoms with Crippen LogP contribution in [0.5, 0.6) is 0 Å². The van der Waals surface area contributed by atoms with Crippen LogP contribution < -0.4 is 0 Å². The van der Waals surface area contributed by atoms with E-state index in [1.54, 1.807) is 0 Å². The first-order chi connectivity index (χ1) is 24.3. The van der Waals surface area contributed by atoms with E-state index in [9.17, 15) is 0 Å². The molecule has 0 aliphatic carbocycles. The third-order valence-corrected chi connectivity index (χ3v) is 9.29. The topological polar surface area (TPSA) is 30.7 Å². The summed E-state index contributed by atoms with van der Waals surface area (Å²) in [5.74, 6) is 0.651. The first kappa shape index (κ1) is 28.6. The van der Waals surface area contributed by atoms with E-state index in [0.717, 1.165) is 39.1 Å². The summed E-state index contributed by atoms with van der Waals surface area (Å²) in [5.41, 5.74) is 13.1. The molecule has 0 N–H and O–H groups in total. The average Bonchev–Trinajstić information content (AvgIpc) is 3.53. The lowest BCUT2D eigenvalue weighted by molar-refractivity contribution is 0.995. The van der Waals surface area contributed by atoms with E-state index in [1.807, 2.05) is 12.1 Å². The van der Waals surface area contributed by atoms with Crippen molar-refractivity contribution in [2.24, 2.45) is 0 Å². The van der Waals surface area contributed by atoms with Crippen molar-refractivity contribution in [3.63, 3.8) is 0 Å². The van der Waals surface area contributed by atoms with Gasteiger partial charge >= 0.3 is 0 Å². The Hall–Kier alpha value is -6.58. The first-order valence-electron chi connectivity index (χ1n) is 16.6. The Morgan fingerprint density at radius 1 is 0.286 bits per heavy atom. The highest BCUT2D eigenvalue weighted by Gasteiger charge is 2.17. The summed E-state index contributed by atoms with van der Waals surface area (Å²) < 4.78 is 2.19. The Bertz CT molecular complexity index is 2500. The molecule has 2 aromatic heterocycles. The van der Waals surface area contributed by atoms with Gasteiger partial charge in [0.25, 0.3) is 0 Å². The fourth-order valence-corrected chi connectivity index (χ4v) is 6.75. The Morgan fingerprint density at radius 2 is 0.592 bits per heavy atom. The van der Waals surface area contributed by atoms with E-state index < -0.39 is 0 Å². The Kier molecular flexibility index (Phi) is 7.14. The molecule has 230 valence electrons. The van der Waals surface area contributed by atoms with Gasteiger partial charge in [0.05, 0.1) is 22.4 Å². The number of benzene rings is 7. The third kappa shape index (κ3) is 5.38. The molecule has 0 unspecified atom stereocenters. The molecule has 0 aliphatic rings. The predicted molar refractivity (Wildman–Crippen MR) is 204 cm³/mol. The molecule has 0 saturated heterocycles. The molecule has 0 atom stereocenters. The van der Waals surface area contributed by atoms with Crippen LogP contribution in [0.25, 0.3) is 83.6 Å². The van der Waals surface area contributed by atoms with Crippen molar-refractivity contribution in [1.82, 2.24) is 14.5 Å². The summed E-state index contributed by atoms with van der Waals surface area (Å²) in [5, 5.41) is 2.37. The van der Waals surface area contributed by atoms with Crippen molar-refractivity contribution >= 4 is 21.8 Å². The zero-order chi connectivity index (χ0) is 32.6. The van der Waals surface area contributed by atoms with Crippen LogP contribution >= 0.6 is 0 Å². The predicted octanol–water partition coefficient (Wildman–Crippen LogP) is 11.9. The van der Waals surface area contributed by atoms with Crippen molar-refractivity contribution in [3.05, 3.63) is 188 Å². The van der Waals surface area contributed by atoms with Crippen LogP contribution in [0, 0.1) is 0 Å². The van der Waals surface area contributed by atoms with Crippen molar-refractivity contribution in [1.29, 1.82) is 0 Å². The fraction of sp³-hybridized carbons (Fsp3) is 0. The molecule has 0 amide bonds. The summed E-state index contributed by atoms with van der Waals surface area (Å²) >= 11 is 0. The van der Waals surface area contributed by atoms with Gasteiger partial charge in [0.2, 0.25) is 5.95 Å². The van der Waals surface area contributed by atoms with Crippen LogP contribution in [0.3, 0.4) is 0 Å². The number of rotatable bonds is 6. The van der Waals surface area contributed by atoms with Crippen LogP contribution in [0.4, 0.5) is 0 Å². The molecule has 0 aliphatic heterocycles. The number of aromatic nitrogens is 3. The highest BCUT2D eigenvalue weighted by molar-refractivity contribution is 6.09. The molecule has 0 spiro atoms. The van der Waals surface area contributed by atoms with Crippen molar-refractivity contribution in [2.45, 2.75) is 0 Å². The minimum atomic E-state index is 0.651. The summed E-state index contributed by atoms with van der Waals surface area (Å²) in [7, 11) is 0. The second-order valence-electron chi connectivity index (χ2n) is 12.3. The maximum atomic E-state index is 5.24. The van der Waals surface area contributed by atoms with E-state index in [1.165, 1.54) is 38.6 Å². The van der Waals surface area contributed by atoms with Crippen molar-refractivity contribution in [2.75, 3.05) is 0 Å². The van der Waals surface area contributed by atoms with Gasteiger partial charge in [-0.05, 0) is 51.6 Å². The highest BCUT2D eigenvalue weighted by atomic mass is 15.2. The van der Waals surface area contributed by atoms with E-state index in [4.69, 9.17) is 9.97 Å². The van der Waals surface area contributed by atoms with E-state index >= 15 is 0 Å². The fourth-order valence-electron chi connectivity index (χ4n) is 6.75. The van der Waals surface area contributed by atoms with Crippen molar-refractivity contribution < 1.29 is 0 Å². The molecule has 0 radical (unpaired) electrons. The third-order valence-electron chi connectivity index (χ3n) is 9.29. The van der Waals surface area contributed by atoms with E-state index in [-0.39, 0.29) is 0 Å². The Morgan fingerprint density at radius 3 is 0.980 bits per heavy atom. The quantitative estimate of drug-likeness (QED) is 0.184. The molecule has 49 heavy (non-hydrogen) atoms. The molecule has 3 heteroatoms. The largest absolute Gasteiger partial charge is 0.278 e. The monoisotopic (exact) mass is 625 g/mol. The van der Waals surface area contributed by atoms with Crippen LogP contribution in [-0.2, 0) is 0 Å². The van der Waals surface area contributed by atoms with Crippen LogP contribution in [0.15, 0.2) is 188 Å². The molecular formula is C46H31N3. The summed E-state index contributed by atoms with van der Waals surface area (Å²) in [6.45, 7) is 0. The number of para-hydroxylation sites is 2. The number of hydrogen-bond acceptors (Lipinski definition) is 2. The standard InChI is InChI=1S/C46H31N3/c1-3-11-32(12-4-1)34-19-21-36(22-20-34)37-25-29-39(30-26-37)43-31-42(38-27-23-35(24-28-38)33-13-5-2-6-14-33)47-46(48-43)49-44-17-9-7-15-40(44)41-16-8-10-18-45(41)49/h1-31H. The number of fused-ring (bicyclic) bond motifs is 3. The molecule has 0 bridgehead atoms. The molecular weight excluding hydrogens is 595 g/mol. The van der Waals surface area contributed by atoms with Gasteiger partial charge in [-0.1, -0.05) is 170 Å². The lowest BCUT2D eigenvalue weighted by Gasteiger charge is -2.12. The second kappa shape index (κ2) is 12.2. The van der Waals surface area contributed by atoms with Crippen molar-refractivity contribution in [3.8, 4) is 61.8 Å². The zero-order valence-corrected chi connectivity index (χ0v) is 26.7. The zero-order valence-electron chi connectivity index (χ0n) is 26.7. The second-order valence-corrected chi connectivity index (χ2v) is 12.3. The summed E-state index contributed by atoms with van der Waals surface area (Å²) in [6, 6.07) is 66.2. The maximum absolute atomic E-state index is 5.24. The SMILES string of the molecule is c1ccc(-c2ccc(-c3ccc(-c4cc(-c5ccc(-c6ccccc6)cc5)nc(-n5c6ccccc6c6ccccc65)n4)cc3)cc2)cc1. The smallest absolute Gasteiger partial charge is 0.235 e. The Balaban J connectivity index is 1.15. The summed E-state index contributed by atoms with van der Waals surface area (Å²) in [6.07, 6.45) is 0. The molecule has 0 fully saturated rings. The Labute approximate surface area is 285 Å². The molecule has 9 aromatic rings. The normalized spacial score (nSPS) is 11.3. The lowest BCUT2D eigenvalue weighted by atomic mass is 9.99. The number of nitrogens with zero attached hydrogens (tertiary/aromatic N) is 3. The minimum absolute atomic E-state index is 0.651. The maximum Gasteiger partial charge on any atom is 0.235 e. The van der Waals surface area contributed by atoms with Crippen LogP contribution in [0.2, 0.25) is 0 Å². The van der Waals surface area contributed by atoms with Gasteiger partial charge in [-0.2, -0.15) is 0 Å². The molecule has 2 heterocycles. The first-order valence-corrected chi connectivity index (χ1v) is 16.6. The van der Waals surface area contributed by atoms with Gasteiger partial charge in [0.1, 0.15) is 0 Å². The highest BCUT2D eigenvalue weighted by Crippen LogP contribution is 2.34. The number of hydrogen-bond donors (Lipinski definition) is 0. The van der Waals surface area contributed by atoms with Gasteiger partial charge in [-0.25, -0.2) is 9.97 Å². The van der Waals surface area contributed by atoms with Gasteiger partial charge in [-0.15, -0.1) is 0 Å². The molecule has 7 aromatic carbocycles. The minimum Gasteiger partial charge on any atom is -0.278 e. The van der Waals surface area contributed by atoms with Gasteiger partial charge in [-0.3, -0.25) is 4.57 Å². The lowest BCUT2D eigenvalue weighted by Crippen LogP contribution is -2.04. The molecule has 0 saturated carbocycles. The van der Waals surface area contributed by atoms with Gasteiger partial charge < -0.3 is 0 Å². The van der Waals surface area contributed by atoms with Gasteiger partial charge in [0, 0.05) is 21.9 Å². The van der Waals surface area contributed by atoms with Crippen LogP contribution in [-0.4, -0.2) is 14.5 Å². The van der Waals surface area contributed by atoms with Gasteiger partial charge in [0.15, 0.2) is 0 Å². The van der Waals surface area contributed by atoms with Crippen LogP contribution in [0.1, 0.15) is 0 Å². The summed E-state index contributed by atoms with van der Waals surface area (Å²) in [4.78, 5) is 10.5.